The van der Waals surface area contributed by atoms with Crippen molar-refractivity contribution < 1.29 is 0 Å². The quantitative estimate of drug-likeness (QED) is 0.860. The first kappa shape index (κ1) is 11.7. The summed E-state index contributed by atoms with van der Waals surface area (Å²) in [5.41, 5.74) is 0.628. The fourth-order valence-corrected chi connectivity index (χ4v) is 1.91. The van der Waals surface area contributed by atoms with E-state index in [1.807, 2.05) is 6.07 Å². The van der Waals surface area contributed by atoms with Crippen molar-refractivity contribution in [2.75, 3.05) is 0 Å². The van der Waals surface area contributed by atoms with Gasteiger partial charge in [0.25, 0.3) is 5.56 Å². The number of hydrogen-bond donors (Lipinski definition) is 1. The minimum Gasteiger partial charge on any atom is -0.328 e. The molecule has 1 heterocycles. The van der Waals surface area contributed by atoms with Crippen molar-refractivity contribution in [3.63, 3.8) is 0 Å². The summed E-state index contributed by atoms with van der Waals surface area (Å²) < 4.78 is 0. The van der Waals surface area contributed by atoms with Crippen LogP contribution in [0.25, 0.3) is 11.1 Å². The molecule has 0 spiro atoms. The van der Waals surface area contributed by atoms with E-state index in [2.05, 4.69) is 4.98 Å². The van der Waals surface area contributed by atoms with Crippen LogP contribution in [0.3, 0.4) is 0 Å². The standard InChI is InChI=1S/C12H6Cl2N2O/c13-7-1-2-11(14)9(5-7)8-3-4-16-12(17)10(8)6-15/h1-5H,(H,16,17). The molecule has 1 aromatic carbocycles. The fourth-order valence-electron chi connectivity index (χ4n) is 1.52. The van der Waals surface area contributed by atoms with Crippen LogP contribution in [0.5, 0.6) is 0 Å². The summed E-state index contributed by atoms with van der Waals surface area (Å²) in [7, 11) is 0. The summed E-state index contributed by atoms with van der Waals surface area (Å²) >= 11 is 11.9. The number of nitrogens with zero attached hydrogens (tertiary/aromatic N) is 1. The Labute approximate surface area is 107 Å². The molecule has 84 valence electrons. The number of pyridine rings is 1. The van der Waals surface area contributed by atoms with Crippen LogP contribution in [-0.4, -0.2) is 4.98 Å². The highest BCUT2D eigenvalue weighted by molar-refractivity contribution is 6.35. The first-order chi connectivity index (χ1) is 8.13. The van der Waals surface area contributed by atoms with Crippen LogP contribution in [0, 0.1) is 11.3 Å². The summed E-state index contributed by atoms with van der Waals surface area (Å²) in [6, 6.07) is 8.38. The maximum Gasteiger partial charge on any atom is 0.266 e. The van der Waals surface area contributed by atoms with Crippen molar-refractivity contribution in [3.05, 3.63) is 56.4 Å². The van der Waals surface area contributed by atoms with Gasteiger partial charge in [0.05, 0.1) is 0 Å². The molecule has 1 N–H and O–H groups in total. The van der Waals surface area contributed by atoms with Crippen LogP contribution in [0.1, 0.15) is 5.56 Å². The van der Waals surface area contributed by atoms with Gasteiger partial charge in [-0.25, -0.2) is 0 Å². The van der Waals surface area contributed by atoms with Gasteiger partial charge in [0.1, 0.15) is 11.6 Å². The molecule has 0 atom stereocenters. The summed E-state index contributed by atoms with van der Waals surface area (Å²) in [5, 5.41) is 9.91. The Morgan fingerprint density at radius 2 is 1.94 bits per heavy atom. The lowest BCUT2D eigenvalue weighted by Crippen LogP contribution is -2.10. The number of benzene rings is 1. The third-order valence-electron chi connectivity index (χ3n) is 2.29. The van der Waals surface area contributed by atoms with Crippen LogP contribution in [0.2, 0.25) is 10.0 Å². The van der Waals surface area contributed by atoms with Gasteiger partial charge in [-0.2, -0.15) is 5.26 Å². The third-order valence-corrected chi connectivity index (χ3v) is 2.86. The number of H-pyrrole nitrogens is 1. The number of hydrogen-bond acceptors (Lipinski definition) is 2. The summed E-state index contributed by atoms with van der Waals surface area (Å²) in [5.74, 6) is 0. The Morgan fingerprint density at radius 1 is 1.18 bits per heavy atom. The van der Waals surface area contributed by atoms with Gasteiger partial charge in [0, 0.05) is 27.4 Å². The number of aromatic nitrogens is 1. The highest BCUT2D eigenvalue weighted by atomic mass is 35.5. The van der Waals surface area contributed by atoms with Crippen LogP contribution in [0.15, 0.2) is 35.3 Å². The Balaban J connectivity index is 2.78. The van der Waals surface area contributed by atoms with E-state index in [1.165, 1.54) is 6.20 Å². The summed E-state index contributed by atoms with van der Waals surface area (Å²) in [4.78, 5) is 13.9. The van der Waals surface area contributed by atoms with E-state index in [1.54, 1.807) is 24.3 Å². The minimum atomic E-state index is -0.443. The summed E-state index contributed by atoms with van der Waals surface area (Å²) in [6.07, 6.45) is 1.47. The second-order valence-corrected chi connectivity index (χ2v) is 4.18. The van der Waals surface area contributed by atoms with E-state index in [0.29, 0.717) is 21.2 Å². The van der Waals surface area contributed by atoms with E-state index in [4.69, 9.17) is 28.5 Å². The van der Waals surface area contributed by atoms with Gasteiger partial charge in [-0.3, -0.25) is 4.79 Å². The highest BCUT2D eigenvalue weighted by Crippen LogP contribution is 2.31. The molecule has 0 amide bonds. The SMILES string of the molecule is N#Cc1c(-c2cc(Cl)ccc2Cl)cc[nH]c1=O. The second kappa shape index (κ2) is 4.62. The van der Waals surface area contributed by atoms with Crippen molar-refractivity contribution in [1.82, 2.24) is 4.98 Å². The van der Waals surface area contributed by atoms with Crippen LogP contribution >= 0.6 is 23.2 Å². The Kier molecular flexibility index (Phi) is 3.19. The molecule has 0 radical (unpaired) electrons. The first-order valence-electron chi connectivity index (χ1n) is 4.70. The van der Waals surface area contributed by atoms with Crippen molar-refractivity contribution in [1.29, 1.82) is 5.26 Å². The van der Waals surface area contributed by atoms with E-state index in [-0.39, 0.29) is 5.56 Å². The highest BCUT2D eigenvalue weighted by Gasteiger charge is 2.11. The molecular formula is C12H6Cl2N2O. The van der Waals surface area contributed by atoms with Gasteiger partial charge in [-0.15, -0.1) is 0 Å². The molecule has 2 rings (SSSR count). The van der Waals surface area contributed by atoms with E-state index < -0.39 is 5.56 Å². The van der Waals surface area contributed by atoms with Gasteiger partial charge < -0.3 is 4.98 Å². The molecule has 0 unspecified atom stereocenters. The summed E-state index contributed by atoms with van der Waals surface area (Å²) in [6.45, 7) is 0. The smallest absolute Gasteiger partial charge is 0.266 e. The average Bonchev–Trinajstić information content (AvgIpc) is 2.32. The zero-order valence-electron chi connectivity index (χ0n) is 8.50. The van der Waals surface area contributed by atoms with Gasteiger partial charge in [0.15, 0.2) is 0 Å². The maximum absolute atomic E-state index is 11.5. The molecule has 0 aliphatic heterocycles. The third kappa shape index (κ3) is 2.19. The molecule has 0 bridgehead atoms. The first-order valence-corrected chi connectivity index (χ1v) is 5.46. The Hall–Kier alpha value is -1.76. The molecule has 17 heavy (non-hydrogen) atoms. The van der Waals surface area contributed by atoms with E-state index >= 15 is 0 Å². The normalized spacial score (nSPS) is 9.94. The van der Waals surface area contributed by atoms with Gasteiger partial charge in [-0.05, 0) is 24.3 Å². The van der Waals surface area contributed by atoms with Crippen LogP contribution in [-0.2, 0) is 0 Å². The number of aromatic amines is 1. The average molecular weight is 265 g/mol. The van der Waals surface area contributed by atoms with Gasteiger partial charge in [0.2, 0.25) is 0 Å². The van der Waals surface area contributed by atoms with Crippen LogP contribution in [0.4, 0.5) is 0 Å². The molecule has 3 nitrogen and oxygen atoms in total. The lowest BCUT2D eigenvalue weighted by molar-refractivity contribution is 1.22. The number of rotatable bonds is 1. The number of nitrogens with one attached hydrogen (secondary N) is 1. The molecule has 0 aliphatic rings. The monoisotopic (exact) mass is 264 g/mol. The number of halogens is 2. The van der Waals surface area contributed by atoms with Crippen molar-refractivity contribution >= 4 is 23.2 Å². The maximum atomic E-state index is 11.5. The van der Waals surface area contributed by atoms with Crippen LogP contribution < -0.4 is 5.56 Å². The zero-order valence-corrected chi connectivity index (χ0v) is 10.0. The molecule has 2 aromatic rings. The molecule has 0 saturated carbocycles. The molecular weight excluding hydrogens is 259 g/mol. The molecule has 0 aliphatic carbocycles. The molecule has 0 fully saturated rings. The zero-order chi connectivity index (χ0) is 12.4. The molecule has 1 aromatic heterocycles. The van der Waals surface area contributed by atoms with Gasteiger partial charge >= 0.3 is 0 Å². The largest absolute Gasteiger partial charge is 0.328 e. The van der Waals surface area contributed by atoms with E-state index in [0.717, 1.165) is 0 Å². The lowest BCUT2D eigenvalue weighted by Gasteiger charge is -2.06. The van der Waals surface area contributed by atoms with Crippen molar-refractivity contribution in [2.45, 2.75) is 0 Å². The Bertz CT molecular complexity index is 671. The van der Waals surface area contributed by atoms with E-state index in [9.17, 15) is 4.79 Å². The topological polar surface area (TPSA) is 56.6 Å². The lowest BCUT2D eigenvalue weighted by atomic mass is 10.0. The van der Waals surface area contributed by atoms with Crippen molar-refractivity contribution in [2.24, 2.45) is 0 Å². The molecule has 0 saturated heterocycles. The predicted molar refractivity (Wildman–Crippen MR) is 67.2 cm³/mol. The Morgan fingerprint density at radius 3 is 2.65 bits per heavy atom. The minimum absolute atomic E-state index is 0.0247. The fraction of sp³-hybridized carbons (Fsp3) is 0. The second-order valence-electron chi connectivity index (χ2n) is 3.33. The molecule has 5 heteroatoms. The van der Waals surface area contributed by atoms with Crippen molar-refractivity contribution in [3.8, 4) is 17.2 Å². The van der Waals surface area contributed by atoms with Gasteiger partial charge in [-0.1, -0.05) is 23.2 Å². The predicted octanol–water partition coefficient (Wildman–Crippen LogP) is 3.22. The number of nitriles is 1.